The highest BCUT2D eigenvalue weighted by molar-refractivity contribution is 6.31. The Hall–Kier alpha value is -2.33. The van der Waals surface area contributed by atoms with E-state index in [0.29, 0.717) is 11.6 Å². The lowest BCUT2D eigenvalue weighted by atomic mass is 9.95. The number of amides is 2. The highest BCUT2D eigenvalue weighted by atomic mass is 35.5. The largest absolute Gasteiger partial charge is 0.352 e. The van der Waals surface area contributed by atoms with Crippen LogP contribution in [0, 0.1) is 6.92 Å². The fourth-order valence-corrected chi connectivity index (χ4v) is 4.26. The molecule has 0 bridgehead atoms. The number of nitrogens with zero attached hydrogens (tertiary/aromatic N) is 1. The molecule has 30 heavy (non-hydrogen) atoms. The molecule has 0 radical (unpaired) electrons. The summed E-state index contributed by atoms with van der Waals surface area (Å²) in [6.07, 6.45) is 5.81. The van der Waals surface area contributed by atoms with Crippen LogP contribution in [0.15, 0.2) is 48.5 Å². The van der Waals surface area contributed by atoms with Gasteiger partial charge in [0.25, 0.3) is 0 Å². The molecular weight excluding hydrogens is 396 g/mol. The first-order chi connectivity index (χ1) is 14.4. The Morgan fingerprint density at radius 3 is 2.53 bits per heavy atom. The van der Waals surface area contributed by atoms with Crippen molar-refractivity contribution in [2.24, 2.45) is 0 Å². The summed E-state index contributed by atoms with van der Waals surface area (Å²) in [6.45, 7) is 4.13. The summed E-state index contributed by atoms with van der Waals surface area (Å²) in [5, 5.41) is 3.76. The van der Waals surface area contributed by atoms with Crippen molar-refractivity contribution in [1.29, 1.82) is 0 Å². The van der Waals surface area contributed by atoms with Crippen LogP contribution in [-0.4, -0.2) is 28.8 Å². The van der Waals surface area contributed by atoms with Crippen LogP contribution >= 0.6 is 11.6 Å². The first kappa shape index (κ1) is 22.4. The van der Waals surface area contributed by atoms with Gasteiger partial charge in [-0.25, -0.2) is 0 Å². The average Bonchev–Trinajstić information content (AvgIpc) is 2.73. The Bertz CT molecular complexity index is 877. The number of aryl methyl sites for hydroxylation is 1. The number of nitrogens with one attached hydrogen (secondary N) is 1. The third-order valence-electron chi connectivity index (χ3n) is 5.86. The van der Waals surface area contributed by atoms with E-state index in [1.54, 1.807) is 4.90 Å². The summed E-state index contributed by atoms with van der Waals surface area (Å²) >= 11 is 6.36. The minimum absolute atomic E-state index is 0.0770. The van der Waals surface area contributed by atoms with E-state index < -0.39 is 6.04 Å². The number of benzene rings is 2. The van der Waals surface area contributed by atoms with Crippen molar-refractivity contribution < 1.29 is 9.59 Å². The molecule has 0 spiro atoms. The second kappa shape index (κ2) is 10.6. The molecule has 0 saturated heterocycles. The molecule has 0 aliphatic heterocycles. The third kappa shape index (κ3) is 6.09. The van der Waals surface area contributed by atoms with Gasteiger partial charge < -0.3 is 10.2 Å². The highest BCUT2D eigenvalue weighted by Crippen LogP contribution is 2.21. The van der Waals surface area contributed by atoms with Crippen LogP contribution in [0.4, 0.5) is 0 Å². The van der Waals surface area contributed by atoms with Gasteiger partial charge in [-0.05, 0) is 43.9 Å². The molecule has 1 unspecified atom stereocenters. The zero-order valence-corrected chi connectivity index (χ0v) is 18.6. The van der Waals surface area contributed by atoms with Gasteiger partial charge in [-0.15, -0.1) is 0 Å². The normalized spacial score (nSPS) is 15.4. The van der Waals surface area contributed by atoms with Gasteiger partial charge in [0.1, 0.15) is 6.04 Å². The van der Waals surface area contributed by atoms with Gasteiger partial charge >= 0.3 is 0 Å². The van der Waals surface area contributed by atoms with Crippen LogP contribution < -0.4 is 5.32 Å². The topological polar surface area (TPSA) is 49.4 Å². The summed E-state index contributed by atoms with van der Waals surface area (Å²) in [5.41, 5.74) is 2.90. The van der Waals surface area contributed by atoms with Crippen LogP contribution in [0.3, 0.4) is 0 Å². The quantitative estimate of drug-likeness (QED) is 0.672. The van der Waals surface area contributed by atoms with E-state index in [2.05, 4.69) is 5.32 Å². The molecule has 1 aliphatic carbocycles. The van der Waals surface area contributed by atoms with E-state index in [4.69, 9.17) is 11.6 Å². The van der Waals surface area contributed by atoms with Crippen molar-refractivity contribution in [3.8, 4) is 0 Å². The van der Waals surface area contributed by atoms with Gasteiger partial charge in [-0.1, -0.05) is 78.9 Å². The maximum Gasteiger partial charge on any atom is 0.242 e. The fourth-order valence-electron chi connectivity index (χ4n) is 4.06. The van der Waals surface area contributed by atoms with Gasteiger partial charge in [0, 0.05) is 17.6 Å². The van der Waals surface area contributed by atoms with Crippen LogP contribution in [0.1, 0.15) is 55.7 Å². The fraction of sp³-hybridized carbons (Fsp3) is 0.440. The molecule has 5 heteroatoms. The molecule has 0 heterocycles. The minimum atomic E-state index is -0.569. The van der Waals surface area contributed by atoms with E-state index in [0.717, 1.165) is 42.4 Å². The molecule has 1 aliphatic rings. The predicted molar refractivity (Wildman–Crippen MR) is 121 cm³/mol. The maximum absolute atomic E-state index is 13.3. The monoisotopic (exact) mass is 426 g/mol. The molecule has 2 aromatic rings. The zero-order chi connectivity index (χ0) is 21.5. The Labute approximate surface area is 184 Å². The number of hydrogen-bond acceptors (Lipinski definition) is 2. The standard InChI is InChI=1S/C25H31ClN2O2/c1-18-9-8-10-20(15-18)16-24(29)28(17-21-11-6-7-14-23(21)26)19(2)25(30)27-22-12-4-3-5-13-22/h6-11,14-15,19,22H,3-5,12-13,16-17H2,1-2H3,(H,27,30). The van der Waals surface area contributed by atoms with Crippen molar-refractivity contribution >= 4 is 23.4 Å². The number of halogens is 1. The molecule has 0 aromatic heterocycles. The van der Waals surface area contributed by atoms with Gasteiger partial charge in [-0.3, -0.25) is 9.59 Å². The Kier molecular flexibility index (Phi) is 7.92. The average molecular weight is 427 g/mol. The summed E-state index contributed by atoms with van der Waals surface area (Å²) in [4.78, 5) is 27.9. The Morgan fingerprint density at radius 1 is 1.10 bits per heavy atom. The smallest absolute Gasteiger partial charge is 0.242 e. The molecule has 1 saturated carbocycles. The highest BCUT2D eigenvalue weighted by Gasteiger charge is 2.28. The van der Waals surface area contributed by atoms with Crippen molar-refractivity contribution in [3.63, 3.8) is 0 Å². The van der Waals surface area contributed by atoms with Gasteiger partial charge in [0.15, 0.2) is 0 Å². The van der Waals surface area contributed by atoms with Crippen molar-refractivity contribution in [3.05, 3.63) is 70.2 Å². The number of carbonyl (C=O) groups is 2. The van der Waals surface area contributed by atoms with Crippen molar-refractivity contribution in [2.75, 3.05) is 0 Å². The lowest BCUT2D eigenvalue weighted by Crippen LogP contribution is -2.50. The Morgan fingerprint density at radius 2 is 1.83 bits per heavy atom. The summed E-state index contributed by atoms with van der Waals surface area (Å²) in [6, 6.07) is 15.0. The van der Waals surface area contributed by atoms with Gasteiger partial charge in [0.2, 0.25) is 11.8 Å². The van der Waals surface area contributed by atoms with E-state index in [1.165, 1.54) is 6.42 Å². The van der Waals surface area contributed by atoms with Crippen LogP contribution in [0.5, 0.6) is 0 Å². The third-order valence-corrected chi connectivity index (χ3v) is 6.22. The number of hydrogen-bond donors (Lipinski definition) is 1. The van der Waals surface area contributed by atoms with Gasteiger partial charge in [-0.2, -0.15) is 0 Å². The van der Waals surface area contributed by atoms with E-state index in [-0.39, 0.29) is 24.3 Å². The first-order valence-electron chi connectivity index (χ1n) is 10.8. The van der Waals surface area contributed by atoms with Crippen molar-refractivity contribution in [2.45, 2.75) is 71.0 Å². The molecule has 160 valence electrons. The first-order valence-corrected chi connectivity index (χ1v) is 11.2. The second-order valence-electron chi connectivity index (χ2n) is 8.30. The lowest BCUT2D eigenvalue weighted by Gasteiger charge is -2.31. The summed E-state index contributed by atoms with van der Waals surface area (Å²) in [5.74, 6) is -0.168. The molecule has 1 N–H and O–H groups in total. The summed E-state index contributed by atoms with van der Waals surface area (Å²) in [7, 11) is 0. The molecule has 2 amide bonds. The molecule has 2 aromatic carbocycles. The number of rotatable bonds is 7. The predicted octanol–water partition coefficient (Wildman–Crippen LogP) is 5.06. The molecular formula is C25H31ClN2O2. The van der Waals surface area contributed by atoms with E-state index in [9.17, 15) is 9.59 Å². The molecule has 3 rings (SSSR count). The van der Waals surface area contributed by atoms with Crippen LogP contribution in [-0.2, 0) is 22.6 Å². The molecule has 1 atom stereocenters. The number of carbonyl (C=O) groups excluding carboxylic acids is 2. The minimum Gasteiger partial charge on any atom is -0.352 e. The van der Waals surface area contributed by atoms with E-state index >= 15 is 0 Å². The SMILES string of the molecule is Cc1cccc(CC(=O)N(Cc2ccccc2Cl)C(C)C(=O)NC2CCCCC2)c1. The van der Waals surface area contributed by atoms with Crippen LogP contribution in [0.25, 0.3) is 0 Å². The van der Waals surface area contributed by atoms with E-state index in [1.807, 2.05) is 62.4 Å². The molecule has 1 fully saturated rings. The van der Waals surface area contributed by atoms with Crippen molar-refractivity contribution in [1.82, 2.24) is 10.2 Å². The Balaban J connectivity index is 1.77. The van der Waals surface area contributed by atoms with Gasteiger partial charge in [0.05, 0.1) is 6.42 Å². The maximum atomic E-state index is 13.3. The second-order valence-corrected chi connectivity index (χ2v) is 8.71. The summed E-state index contributed by atoms with van der Waals surface area (Å²) < 4.78 is 0. The zero-order valence-electron chi connectivity index (χ0n) is 17.9. The lowest BCUT2D eigenvalue weighted by molar-refractivity contribution is -0.140. The molecule has 4 nitrogen and oxygen atoms in total. The van der Waals surface area contributed by atoms with Crippen LogP contribution in [0.2, 0.25) is 5.02 Å².